The molecule has 1 aromatic carbocycles. The zero-order valence-electron chi connectivity index (χ0n) is 7.83. The Bertz CT molecular complexity index is 324. The molecule has 0 aliphatic heterocycles. The quantitative estimate of drug-likeness (QED) is 0.691. The van der Waals surface area contributed by atoms with Crippen molar-refractivity contribution in [2.45, 2.75) is 6.92 Å². The molecular weight excluding hydrogens is 176 g/mol. The molecule has 0 heterocycles. The Morgan fingerprint density at radius 2 is 2.31 bits per heavy atom. The third-order valence-electron chi connectivity index (χ3n) is 1.80. The molecule has 0 fully saturated rings. The van der Waals surface area contributed by atoms with Gasteiger partial charge in [-0.2, -0.15) is 12.6 Å². The first-order valence-electron chi connectivity index (χ1n) is 4.27. The van der Waals surface area contributed by atoms with Gasteiger partial charge in [-0.05, 0) is 24.1 Å². The monoisotopic (exact) mass is 190 g/mol. The van der Waals surface area contributed by atoms with Crippen molar-refractivity contribution in [1.29, 1.82) is 0 Å². The molecule has 13 heavy (non-hydrogen) atoms. The van der Waals surface area contributed by atoms with Crippen LogP contribution in [-0.4, -0.2) is 5.75 Å². The Labute approximate surface area is 85.4 Å². The molecule has 0 saturated carbocycles. The van der Waals surface area contributed by atoms with E-state index in [4.69, 9.17) is 0 Å². The summed E-state index contributed by atoms with van der Waals surface area (Å²) >= 11 is 4.11. The minimum absolute atomic E-state index is 0.775. The average molecular weight is 190 g/mol. The van der Waals surface area contributed by atoms with E-state index in [1.807, 2.05) is 19.1 Å². The highest BCUT2D eigenvalue weighted by molar-refractivity contribution is 7.80. The largest absolute Gasteiger partial charge is 0.175 e. The third kappa shape index (κ3) is 3.11. The maximum Gasteiger partial charge on any atom is 0.00858 e. The molecule has 0 bridgehead atoms. The van der Waals surface area contributed by atoms with Crippen molar-refractivity contribution in [3.63, 3.8) is 0 Å². The fourth-order valence-corrected chi connectivity index (χ4v) is 1.20. The Morgan fingerprint density at radius 1 is 1.54 bits per heavy atom. The fourth-order valence-electron chi connectivity index (χ4n) is 1.10. The van der Waals surface area contributed by atoms with Gasteiger partial charge in [0.1, 0.15) is 0 Å². The number of hydrogen-bond acceptors (Lipinski definition) is 1. The van der Waals surface area contributed by atoms with Crippen molar-refractivity contribution in [1.82, 2.24) is 0 Å². The second-order valence-electron chi connectivity index (χ2n) is 2.99. The summed E-state index contributed by atoms with van der Waals surface area (Å²) in [7, 11) is 0. The van der Waals surface area contributed by atoms with Crippen molar-refractivity contribution in [2.24, 2.45) is 0 Å². The zero-order chi connectivity index (χ0) is 9.68. The third-order valence-corrected chi connectivity index (χ3v) is 2.01. The number of hydrogen-bond donors (Lipinski definition) is 1. The van der Waals surface area contributed by atoms with E-state index in [9.17, 15) is 0 Å². The molecule has 0 aromatic heterocycles. The van der Waals surface area contributed by atoms with Crippen LogP contribution in [0.5, 0.6) is 0 Å². The standard InChI is InChI=1S/C12H14S/c1-10(2)12-7-3-5-11(9-12)6-4-8-13/h3-7,9,13H,1,8H2,2H3. The number of thiol groups is 1. The van der Waals surface area contributed by atoms with Crippen LogP contribution < -0.4 is 0 Å². The highest BCUT2D eigenvalue weighted by Crippen LogP contribution is 2.14. The van der Waals surface area contributed by atoms with Gasteiger partial charge in [-0.1, -0.05) is 42.5 Å². The minimum Gasteiger partial charge on any atom is -0.175 e. The molecule has 0 aliphatic carbocycles. The van der Waals surface area contributed by atoms with Crippen LogP contribution in [0.2, 0.25) is 0 Å². The lowest BCUT2D eigenvalue weighted by molar-refractivity contribution is 1.55. The SMILES string of the molecule is C=C(C)c1cccc(C=CCS)c1. The normalized spacial score (nSPS) is 10.6. The summed E-state index contributed by atoms with van der Waals surface area (Å²) in [6.07, 6.45) is 4.10. The Morgan fingerprint density at radius 3 is 2.92 bits per heavy atom. The van der Waals surface area contributed by atoms with E-state index in [1.165, 1.54) is 11.1 Å². The lowest BCUT2D eigenvalue weighted by Gasteiger charge is -2.00. The molecule has 0 unspecified atom stereocenters. The maximum atomic E-state index is 4.11. The van der Waals surface area contributed by atoms with Crippen molar-refractivity contribution in [3.05, 3.63) is 48.0 Å². The Balaban J connectivity index is 2.92. The average Bonchev–Trinajstić information content (AvgIpc) is 2.15. The van der Waals surface area contributed by atoms with Crippen LogP contribution in [0.4, 0.5) is 0 Å². The predicted molar refractivity (Wildman–Crippen MR) is 64.0 cm³/mol. The topological polar surface area (TPSA) is 0 Å². The van der Waals surface area contributed by atoms with Gasteiger partial charge in [0.2, 0.25) is 0 Å². The van der Waals surface area contributed by atoms with Gasteiger partial charge < -0.3 is 0 Å². The Hall–Kier alpha value is -0.950. The first-order chi connectivity index (χ1) is 6.24. The second kappa shape index (κ2) is 4.93. The van der Waals surface area contributed by atoms with Crippen LogP contribution in [0.25, 0.3) is 11.6 Å². The van der Waals surface area contributed by atoms with Gasteiger partial charge >= 0.3 is 0 Å². The van der Waals surface area contributed by atoms with E-state index in [1.54, 1.807) is 0 Å². The van der Waals surface area contributed by atoms with Crippen LogP contribution in [0, 0.1) is 0 Å². The maximum absolute atomic E-state index is 4.11. The van der Waals surface area contributed by atoms with Gasteiger partial charge in [0, 0.05) is 5.75 Å². The summed E-state index contributed by atoms with van der Waals surface area (Å²) in [6, 6.07) is 8.32. The van der Waals surface area contributed by atoms with Gasteiger partial charge in [0.05, 0.1) is 0 Å². The smallest absolute Gasteiger partial charge is 0.00858 e. The molecule has 0 N–H and O–H groups in total. The van der Waals surface area contributed by atoms with Crippen LogP contribution >= 0.6 is 12.6 Å². The first kappa shape index (κ1) is 10.1. The van der Waals surface area contributed by atoms with Crippen molar-refractivity contribution < 1.29 is 0 Å². The molecule has 0 spiro atoms. The molecule has 0 radical (unpaired) electrons. The summed E-state index contributed by atoms with van der Waals surface area (Å²) in [5.41, 5.74) is 3.50. The summed E-state index contributed by atoms with van der Waals surface area (Å²) in [5, 5.41) is 0. The van der Waals surface area contributed by atoms with Gasteiger partial charge in [0.15, 0.2) is 0 Å². The van der Waals surface area contributed by atoms with Crippen LogP contribution in [0.3, 0.4) is 0 Å². The van der Waals surface area contributed by atoms with Crippen molar-refractivity contribution >= 4 is 24.3 Å². The number of allylic oxidation sites excluding steroid dienone is 1. The van der Waals surface area contributed by atoms with Gasteiger partial charge in [-0.15, -0.1) is 0 Å². The molecule has 1 heteroatoms. The van der Waals surface area contributed by atoms with Gasteiger partial charge in [-0.3, -0.25) is 0 Å². The first-order valence-corrected chi connectivity index (χ1v) is 4.90. The lowest BCUT2D eigenvalue weighted by atomic mass is 10.1. The van der Waals surface area contributed by atoms with Crippen LogP contribution in [0.15, 0.2) is 36.9 Å². The molecular formula is C12H14S. The lowest BCUT2D eigenvalue weighted by Crippen LogP contribution is -1.79. The molecule has 0 amide bonds. The summed E-state index contributed by atoms with van der Waals surface area (Å²) in [4.78, 5) is 0. The molecule has 0 nitrogen and oxygen atoms in total. The minimum atomic E-state index is 0.775. The van der Waals surface area contributed by atoms with Crippen LogP contribution in [0.1, 0.15) is 18.1 Å². The molecule has 1 rings (SSSR count). The second-order valence-corrected chi connectivity index (χ2v) is 3.36. The van der Waals surface area contributed by atoms with Gasteiger partial charge in [-0.25, -0.2) is 0 Å². The summed E-state index contributed by atoms with van der Waals surface area (Å²) in [6.45, 7) is 5.92. The van der Waals surface area contributed by atoms with Crippen LogP contribution in [-0.2, 0) is 0 Å². The van der Waals surface area contributed by atoms with E-state index >= 15 is 0 Å². The van der Waals surface area contributed by atoms with E-state index in [2.05, 4.69) is 43.5 Å². The number of benzene rings is 1. The molecule has 1 aromatic rings. The molecule has 0 aliphatic rings. The van der Waals surface area contributed by atoms with Gasteiger partial charge in [0.25, 0.3) is 0 Å². The highest BCUT2D eigenvalue weighted by atomic mass is 32.1. The number of rotatable bonds is 3. The van der Waals surface area contributed by atoms with E-state index in [0.717, 1.165) is 11.3 Å². The predicted octanol–water partition coefficient (Wildman–Crippen LogP) is 3.66. The summed E-state index contributed by atoms with van der Waals surface area (Å²) in [5.74, 6) is 0.775. The van der Waals surface area contributed by atoms with E-state index in [0.29, 0.717) is 0 Å². The van der Waals surface area contributed by atoms with E-state index < -0.39 is 0 Å². The molecule has 0 atom stereocenters. The van der Waals surface area contributed by atoms with Crippen molar-refractivity contribution in [2.75, 3.05) is 5.75 Å². The molecule has 68 valence electrons. The fraction of sp³-hybridized carbons (Fsp3) is 0.167. The summed E-state index contributed by atoms with van der Waals surface area (Å²) < 4.78 is 0. The highest BCUT2D eigenvalue weighted by Gasteiger charge is 1.92. The van der Waals surface area contributed by atoms with Crippen molar-refractivity contribution in [3.8, 4) is 0 Å². The Kier molecular flexibility index (Phi) is 3.84. The zero-order valence-corrected chi connectivity index (χ0v) is 8.72. The molecule has 0 saturated heterocycles. The van der Waals surface area contributed by atoms with E-state index in [-0.39, 0.29) is 0 Å².